The Kier molecular flexibility index (Phi) is 27.2. The fraction of sp³-hybridized carbons (Fsp3) is 0.635. The van der Waals surface area contributed by atoms with Gasteiger partial charge in [0, 0.05) is 52.7 Å². The average molecular weight is 1280 g/mol. The van der Waals surface area contributed by atoms with Crippen LogP contribution in [0.4, 0.5) is 0 Å². The van der Waals surface area contributed by atoms with Crippen LogP contribution in [0, 0.1) is 29.6 Å². The van der Waals surface area contributed by atoms with E-state index in [0.29, 0.717) is 37.0 Å². The first kappa shape index (κ1) is 72.4. The van der Waals surface area contributed by atoms with Crippen LogP contribution in [0.1, 0.15) is 126 Å². The van der Waals surface area contributed by atoms with Crippen LogP contribution >= 0.6 is 15.9 Å². The van der Waals surface area contributed by atoms with E-state index in [9.17, 15) is 57.8 Å². The predicted molar refractivity (Wildman–Crippen MR) is 329 cm³/mol. The van der Waals surface area contributed by atoms with E-state index in [1.54, 1.807) is 86.6 Å². The molecular formula is C63H94BrN9O14. The number of hydrogen-bond acceptors (Lipinski definition) is 13. The van der Waals surface area contributed by atoms with Gasteiger partial charge in [-0.15, -0.1) is 0 Å². The van der Waals surface area contributed by atoms with Crippen LogP contribution in [0.25, 0.3) is 0 Å². The van der Waals surface area contributed by atoms with Crippen molar-refractivity contribution >= 4 is 81.0 Å². The highest BCUT2D eigenvalue weighted by Crippen LogP contribution is 2.27. The first-order valence-electron chi connectivity index (χ1n) is 30.2. The standard InChI is InChI=1S/C63H94BrN9O14/c1-17-38(9)53-55(77)65-33-48(74)69(13)51(36(5)6)56(78)66-45(31-41-24-28-44(29-25-41)86-34-42-22-26-43(64)27-23-42)63(85)87-40(11)58(80)73-30-20-19-21-46(73)59(81)70(14)52(37(7)8)57(79)67-50(35(3)4)61(83)68(12)47(32-49(75)76)60(82)72(16)54(39(10)18-2)62(84)71(53)15/h22-29,35-40,45-47,50-54H,17-21,30-34H2,1-16H3,(H,65,77)(H,66,78)(H,67,79)(H,75,76)/t38?,39?,40-,45+,46+,47+,50+,51+,52+,53+,54+/m1/s1. The Morgan fingerprint density at radius 2 is 1.15 bits per heavy atom. The van der Waals surface area contributed by atoms with Gasteiger partial charge in [0.25, 0.3) is 5.91 Å². The van der Waals surface area contributed by atoms with Gasteiger partial charge in [0.1, 0.15) is 60.7 Å². The van der Waals surface area contributed by atoms with E-state index in [0.717, 1.165) is 24.7 Å². The molecule has 24 heteroatoms. The van der Waals surface area contributed by atoms with E-state index in [2.05, 4.69) is 31.9 Å². The molecule has 4 rings (SSSR count). The Morgan fingerprint density at radius 1 is 0.621 bits per heavy atom. The molecule has 2 aliphatic heterocycles. The quantitative estimate of drug-likeness (QED) is 0.188. The normalized spacial score (nSPS) is 25.5. The van der Waals surface area contributed by atoms with Gasteiger partial charge < -0.3 is 59.9 Å². The van der Waals surface area contributed by atoms with Gasteiger partial charge in [0.05, 0.1) is 13.0 Å². The second-order valence-corrected chi connectivity index (χ2v) is 25.3. The Bertz CT molecular complexity index is 2760. The molecule has 2 heterocycles. The van der Waals surface area contributed by atoms with E-state index in [4.69, 9.17) is 9.47 Å². The van der Waals surface area contributed by atoms with Crippen LogP contribution < -0.4 is 20.7 Å². The molecule has 2 aromatic rings. The lowest BCUT2D eigenvalue weighted by atomic mass is 9.92. The molecule has 87 heavy (non-hydrogen) atoms. The molecule has 0 bridgehead atoms. The van der Waals surface area contributed by atoms with Crippen molar-refractivity contribution in [2.45, 2.75) is 182 Å². The molecular weight excluding hydrogens is 1190 g/mol. The van der Waals surface area contributed by atoms with E-state index in [-0.39, 0.29) is 26.0 Å². The molecule has 4 N–H and O–H groups in total. The predicted octanol–water partition coefficient (Wildman–Crippen LogP) is 4.65. The summed E-state index contributed by atoms with van der Waals surface area (Å²) in [6, 6.07) is 3.89. The highest BCUT2D eigenvalue weighted by atomic mass is 79.9. The maximum Gasteiger partial charge on any atom is 0.329 e. The molecule has 2 unspecified atom stereocenters. The van der Waals surface area contributed by atoms with Crippen molar-refractivity contribution in [2.24, 2.45) is 29.6 Å². The number of benzene rings is 2. The lowest BCUT2D eigenvalue weighted by Gasteiger charge is -2.41. The first-order valence-corrected chi connectivity index (χ1v) is 31.0. The van der Waals surface area contributed by atoms with Crippen molar-refractivity contribution in [1.29, 1.82) is 0 Å². The number of carbonyl (C=O) groups is 11. The van der Waals surface area contributed by atoms with Crippen molar-refractivity contribution in [3.05, 3.63) is 64.1 Å². The van der Waals surface area contributed by atoms with Crippen LogP contribution in [-0.2, 0) is 70.5 Å². The molecule has 0 saturated carbocycles. The summed E-state index contributed by atoms with van der Waals surface area (Å²) in [5.74, 6) is -11.5. The number of nitrogens with one attached hydrogen (secondary N) is 3. The third-order valence-electron chi connectivity index (χ3n) is 16.9. The van der Waals surface area contributed by atoms with Gasteiger partial charge in [-0.1, -0.05) is 122 Å². The lowest BCUT2D eigenvalue weighted by molar-refractivity contribution is -0.165. The van der Waals surface area contributed by atoms with Crippen molar-refractivity contribution in [1.82, 2.24) is 45.3 Å². The second-order valence-electron chi connectivity index (χ2n) is 24.3. The van der Waals surface area contributed by atoms with Crippen molar-refractivity contribution < 1.29 is 67.3 Å². The Labute approximate surface area is 521 Å². The molecule has 0 radical (unpaired) electrons. The molecule has 2 saturated heterocycles. The summed E-state index contributed by atoms with van der Waals surface area (Å²) in [7, 11) is 6.75. The molecule has 23 nitrogen and oxygen atoms in total. The molecule has 0 spiro atoms. The zero-order valence-corrected chi connectivity index (χ0v) is 55.2. The number of hydrogen-bond donors (Lipinski definition) is 4. The zero-order valence-electron chi connectivity index (χ0n) is 53.6. The van der Waals surface area contributed by atoms with Gasteiger partial charge in [0.2, 0.25) is 47.3 Å². The number of rotatable bonds is 14. The second kappa shape index (κ2) is 32.7. The molecule has 2 aromatic carbocycles. The van der Waals surface area contributed by atoms with Gasteiger partial charge in [-0.3, -0.25) is 47.9 Å². The summed E-state index contributed by atoms with van der Waals surface area (Å²) >= 11 is 3.43. The number of nitrogens with zero attached hydrogens (tertiary/aromatic N) is 6. The smallest absolute Gasteiger partial charge is 0.329 e. The molecule has 2 fully saturated rings. The van der Waals surface area contributed by atoms with Gasteiger partial charge in [0.15, 0.2) is 6.10 Å². The molecule has 2 aliphatic rings. The number of ether oxygens (including phenoxy) is 2. The molecule has 482 valence electrons. The van der Waals surface area contributed by atoms with E-state index in [1.807, 2.05) is 31.2 Å². The number of fused-ring (bicyclic) bond motifs is 1. The molecule has 9 amide bonds. The Hall–Kier alpha value is -7.11. The summed E-state index contributed by atoms with van der Waals surface area (Å²) in [5, 5.41) is 18.5. The monoisotopic (exact) mass is 1280 g/mol. The number of carbonyl (C=O) groups excluding carboxylic acids is 10. The first-order chi connectivity index (χ1) is 40.8. The number of carboxylic acid groups (broad SMARTS) is 1. The number of aliphatic carboxylic acids is 1. The minimum absolute atomic E-state index is 0.0970. The summed E-state index contributed by atoms with van der Waals surface area (Å²) in [6.07, 6.45) is -0.572. The molecule has 0 aromatic heterocycles. The van der Waals surface area contributed by atoms with Gasteiger partial charge >= 0.3 is 11.9 Å². The van der Waals surface area contributed by atoms with Gasteiger partial charge in [-0.05, 0) is 91.2 Å². The minimum Gasteiger partial charge on any atom is -0.489 e. The SMILES string of the molecule is CCC(C)[C@H]1C(=O)NCC(=O)N(C)[C@@H](C(C)C)C(=O)N[C@@H](Cc2ccc(OCc3ccc(Br)cc3)cc2)C(=O)O[C@H](C)C(=O)N2CCCC[C@H]2C(=O)N(C)[C@@H](C(C)C)C(=O)N[C@@H](C(C)C)C(=O)N(C)[C@@H](CC(=O)O)C(=O)N(C)[C@@H](C(C)CC)C(=O)N1C. The van der Waals surface area contributed by atoms with Gasteiger partial charge in [-0.25, -0.2) is 4.79 Å². The third-order valence-corrected chi connectivity index (χ3v) is 17.4. The number of amides is 9. The highest BCUT2D eigenvalue weighted by molar-refractivity contribution is 9.10. The number of cyclic esters (lactones) is 1. The van der Waals surface area contributed by atoms with Crippen LogP contribution in [0.3, 0.4) is 0 Å². The average Bonchev–Trinajstić information content (AvgIpc) is 1.96. The highest BCUT2D eigenvalue weighted by Gasteiger charge is 2.46. The Balaban J connectivity index is 1.85. The van der Waals surface area contributed by atoms with Crippen molar-refractivity contribution in [3.63, 3.8) is 0 Å². The van der Waals surface area contributed by atoms with E-state index >= 15 is 0 Å². The topological polar surface area (TPSA) is 282 Å². The van der Waals surface area contributed by atoms with Crippen LogP contribution in [-0.4, -0.2) is 202 Å². The number of likely N-dealkylation sites (N-methyl/N-ethyl adjacent to an activating group) is 5. The molecule has 0 aliphatic carbocycles. The maximum absolute atomic E-state index is 15.0. The molecule has 11 atom stereocenters. The number of carboxylic acids is 1. The third kappa shape index (κ3) is 18.7. The van der Waals surface area contributed by atoms with Gasteiger partial charge in [-0.2, -0.15) is 0 Å². The number of esters is 1. The summed E-state index contributed by atoms with van der Waals surface area (Å²) < 4.78 is 12.8. The van der Waals surface area contributed by atoms with Crippen LogP contribution in [0.2, 0.25) is 0 Å². The fourth-order valence-electron chi connectivity index (χ4n) is 11.4. The van der Waals surface area contributed by atoms with Crippen LogP contribution in [0.5, 0.6) is 5.75 Å². The lowest BCUT2D eigenvalue weighted by Crippen LogP contribution is -2.63. The van der Waals surface area contributed by atoms with Crippen LogP contribution in [0.15, 0.2) is 53.0 Å². The number of piperidine rings is 1. The summed E-state index contributed by atoms with van der Waals surface area (Å²) in [6.45, 7) is 18.2. The van der Waals surface area contributed by atoms with Crippen molar-refractivity contribution in [3.8, 4) is 5.75 Å². The van der Waals surface area contributed by atoms with Crippen molar-refractivity contribution in [2.75, 3.05) is 48.3 Å². The summed E-state index contributed by atoms with van der Waals surface area (Å²) in [5.41, 5.74) is 1.49. The van der Waals surface area contributed by atoms with E-state index < -0.39 is 162 Å². The van der Waals surface area contributed by atoms with E-state index in [1.165, 1.54) is 56.9 Å². The minimum atomic E-state index is -1.70. The Morgan fingerprint density at radius 3 is 1.70 bits per heavy atom. The largest absolute Gasteiger partial charge is 0.489 e. The fourth-order valence-corrected chi connectivity index (χ4v) is 11.6. The maximum atomic E-state index is 15.0. The number of halogens is 1. The summed E-state index contributed by atoms with van der Waals surface area (Å²) in [4.78, 5) is 166. The zero-order chi connectivity index (χ0) is 65.5.